The molecule has 0 aromatic heterocycles. The minimum absolute atomic E-state index is 0.264. The molecule has 1 unspecified atom stereocenters. The molecule has 0 aliphatic carbocycles. The maximum Gasteiger partial charge on any atom is 0.255 e. The van der Waals surface area contributed by atoms with E-state index >= 15 is 0 Å². The minimum atomic E-state index is -0.756. The van der Waals surface area contributed by atoms with E-state index in [9.17, 15) is 9.59 Å². The summed E-state index contributed by atoms with van der Waals surface area (Å²) in [6, 6.07) is 3.92. The van der Waals surface area contributed by atoms with Gasteiger partial charge in [0.25, 0.3) is 5.91 Å². The Balaban J connectivity index is 2.95. The molecule has 0 saturated carbocycles. The van der Waals surface area contributed by atoms with Gasteiger partial charge in [-0.15, -0.1) is 0 Å². The van der Waals surface area contributed by atoms with Gasteiger partial charge in [-0.05, 0) is 25.1 Å². The number of nitrogens with two attached hydrogens (primary N) is 2. The van der Waals surface area contributed by atoms with Crippen molar-refractivity contribution >= 4 is 17.5 Å². The van der Waals surface area contributed by atoms with Crippen LogP contribution < -0.4 is 21.5 Å². The summed E-state index contributed by atoms with van der Waals surface area (Å²) in [5, 5.41) is 2.45. The maximum absolute atomic E-state index is 11.8. The van der Waals surface area contributed by atoms with Crippen LogP contribution >= 0.6 is 0 Å². The summed E-state index contributed by atoms with van der Waals surface area (Å²) in [7, 11) is 1.44. The number of carbonyl (C=O) groups excluding carboxylic acids is 2. The number of ether oxygens (including phenoxy) is 1. The van der Waals surface area contributed by atoms with Gasteiger partial charge in [0.15, 0.2) is 0 Å². The molecular weight excluding hydrogens is 222 g/mol. The zero-order valence-electron chi connectivity index (χ0n) is 9.69. The number of nitrogen functional groups attached to an aromatic ring is 1. The Kier molecular flexibility index (Phi) is 3.92. The molecule has 1 aromatic carbocycles. The van der Waals surface area contributed by atoms with Crippen molar-refractivity contribution in [2.75, 3.05) is 12.8 Å². The first-order valence-corrected chi connectivity index (χ1v) is 4.99. The number of nitrogens with one attached hydrogen (secondary N) is 1. The van der Waals surface area contributed by atoms with Crippen molar-refractivity contribution in [2.45, 2.75) is 13.0 Å². The fraction of sp³-hybridized carbons (Fsp3) is 0.273. The van der Waals surface area contributed by atoms with Gasteiger partial charge in [0.05, 0.1) is 12.7 Å². The first-order chi connectivity index (χ1) is 7.95. The highest BCUT2D eigenvalue weighted by molar-refractivity contribution is 6.00. The molecule has 17 heavy (non-hydrogen) atoms. The monoisotopic (exact) mass is 237 g/mol. The molecule has 6 nitrogen and oxygen atoms in total. The third-order valence-corrected chi connectivity index (χ3v) is 2.24. The largest absolute Gasteiger partial charge is 0.496 e. The summed E-state index contributed by atoms with van der Waals surface area (Å²) >= 11 is 0. The van der Waals surface area contributed by atoms with Gasteiger partial charge in [-0.1, -0.05) is 0 Å². The van der Waals surface area contributed by atoms with E-state index in [1.807, 2.05) is 0 Å². The Morgan fingerprint density at radius 3 is 2.59 bits per heavy atom. The number of hydrogen-bond acceptors (Lipinski definition) is 4. The summed E-state index contributed by atoms with van der Waals surface area (Å²) in [5.41, 5.74) is 11.3. The number of hydrogen-bond donors (Lipinski definition) is 3. The number of carbonyl (C=O) groups is 2. The normalized spacial score (nSPS) is 11.6. The SMILES string of the molecule is COc1ccc(N)cc1C(=O)NC(C)C(N)=O. The molecule has 0 spiro atoms. The van der Waals surface area contributed by atoms with Crippen LogP contribution in [0.4, 0.5) is 5.69 Å². The fourth-order valence-electron chi connectivity index (χ4n) is 1.25. The second-order valence-corrected chi connectivity index (χ2v) is 3.56. The van der Waals surface area contributed by atoms with Crippen LogP contribution in [0.15, 0.2) is 18.2 Å². The molecule has 5 N–H and O–H groups in total. The number of amides is 2. The van der Waals surface area contributed by atoms with Gasteiger partial charge < -0.3 is 21.5 Å². The summed E-state index contributed by atoms with van der Waals surface area (Å²) in [6.45, 7) is 1.50. The van der Waals surface area contributed by atoms with Gasteiger partial charge in [-0.2, -0.15) is 0 Å². The van der Waals surface area contributed by atoms with Crippen LogP contribution in [0.5, 0.6) is 5.75 Å². The Morgan fingerprint density at radius 1 is 1.41 bits per heavy atom. The van der Waals surface area contributed by atoms with E-state index in [4.69, 9.17) is 16.2 Å². The van der Waals surface area contributed by atoms with Gasteiger partial charge >= 0.3 is 0 Å². The van der Waals surface area contributed by atoms with Crippen LogP contribution in [0.1, 0.15) is 17.3 Å². The Bertz CT molecular complexity index is 446. The molecule has 0 bridgehead atoms. The van der Waals surface area contributed by atoms with E-state index in [0.717, 1.165) is 0 Å². The minimum Gasteiger partial charge on any atom is -0.496 e. The van der Waals surface area contributed by atoms with Crippen LogP contribution in [0.3, 0.4) is 0 Å². The number of primary amides is 1. The lowest BCUT2D eigenvalue weighted by Gasteiger charge is -2.12. The van der Waals surface area contributed by atoms with Crippen LogP contribution in [0.25, 0.3) is 0 Å². The zero-order valence-corrected chi connectivity index (χ0v) is 9.69. The smallest absolute Gasteiger partial charge is 0.255 e. The lowest BCUT2D eigenvalue weighted by Crippen LogP contribution is -2.42. The lowest BCUT2D eigenvalue weighted by molar-refractivity contribution is -0.119. The van der Waals surface area contributed by atoms with Crippen molar-refractivity contribution in [2.24, 2.45) is 5.73 Å². The van der Waals surface area contributed by atoms with Gasteiger partial charge in [0.2, 0.25) is 5.91 Å². The van der Waals surface area contributed by atoms with Crippen molar-refractivity contribution in [3.8, 4) is 5.75 Å². The van der Waals surface area contributed by atoms with E-state index in [0.29, 0.717) is 11.4 Å². The Hall–Kier alpha value is -2.24. The first-order valence-electron chi connectivity index (χ1n) is 4.99. The van der Waals surface area contributed by atoms with E-state index < -0.39 is 17.9 Å². The standard InChI is InChI=1S/C11H15N3O3/c1-6(10(13)15)14-11(16)8-5-7(12)3-4-9(8)17-2/h3-6H,12H2,1-2H3,(H2,13,15)(H,14,16). The van der Waals surface area contributed by atoms with E-state index in [-0.39, 0.29) is 5.56 Å². The Morgan fingerprint density at radius 2 is 2.06 bits per heavy atom. The van der Waals surface area contributed by atoms with Crippen molar-refractivity contribution in [3.05, 3.63) is 23.8 Å². The van der Waals surface area contributed by atoms with Crippen molar-refractivity contribution < 1.29 is 14.3 Å². The van der Waals surface area contributed by atoms with Crippen LogP contribution in [0.2, 0.25) is 0 Å². The van der Waals surface area contributed by atoms with Crippen LogP contribution in [-0.2, 0) is 4.79 Å². The first kappa shape index (κ1) is 12.8. The second kappa shape index (κ2) is 5.20. The fourth-order valence-corrected chi connectivity index (χ4v) is 1.25. The quantitative estimate of drug-likeness (QED) is 0.634. The van der Waals surface area contributed by atoms with Gasteiger partial charge in [0.1, 0.15) is 11.8 Å². The topological polar surface area (TPSA) is 107 Å². The lowest BCUT2D eigenvalue weighted by atomic mass is 10.1. The molecule has 0 aliphatic heterocycles. The molecule has 0 aliphatic rings. The second-order valence-electron chi connectivity index (χ2n) is 3.56. The highest BCUT2D eigenvalue weighted by Crippen LogP contribution is 2.20. The molecule has 0 radical (unpaired) electrons. The van der Waals surface area contributed by atoms with Crippen LogP contribution in [-0.4, -0.2) is 25.0 Å². The van der Waals surface area contributed by atoms with Gasteiger partial charge in [-0.25, -0.2) is 0 Å². The zero-order chi connectivity index (χ0) is 13.0. The molecule has 1 atom stereocenters. The highest BCUT2D eigenvalue weighted by atomic mass is 16.5. The maximum atomic E-state index is 11.8. The summed E-state index contributed by atoms with van der Waals surface area (Å²) in [5.74, 6) is -0.685. The predicted molar refractivity (Wildman–Crippen MR) is 63.5 cm³/mol. The van der Waals surface area contributed by atoms with Gasteiger partial charge in [0, 0.05) is 5.69 Å². The number of methoxy groups -OCH3 is 1. The molecule has 2 amide bonds. The highest BCUT2D eigenvalue weighted by Gasteiger charge is 2.17. The third kappa shape index (κ3) is 3.10. The van der Waals surface area contributed by atoms with E-state index in [1.54, 1.807) is 12.1 Å². The van der Waals surface area contributed by atoms with Crippen molar-refractivity contribution in [3.63, 3.8) is 0 Å². The van der Waals surface area contributed by atoms with E-state index in [1.165, 1.54) is 20.1 Å². The summed E-state index contributed by atoms with van der Waals surface area (Å²) in [6.07, 6.45) is 0. The van der Waals surface area contributed by atoms with E-state index in [2.05, 4.69) is 5.32 Å². The molecule has 0 fully saturated rings. The summed E-state index contributed by atoms with van der Waals surface area (Å²) in [4.78, 5) is 22.7. The Labute approximate surface area is 98.9 Å². The number of rotatable bonds is 4. The third-order valence-electron chi connectivity index (χ3n) is 2.24. The molecule has 92 valence electrons. The summed E-state index contributed by atoms with van der Waals surface area (Å²) < 4.78 is 5.03. The van der Waals surface area contributed by atoms with Crippen molar-refractivity contribution in [1.82, 2.24) is 5.32 Å². The average molecular weight is 237 g/mol. The van der Waals surface area contributed by atoms with Crippen molar-refractivity contribution in [1.29, 1.82) is 0 Å². The molecule has 1 rings (SSSR count). The average Bonchev–Trinajstić information content (AvgIpc) is 2.28. The van der Waals surface area contributed by atoms with Gasteiger partial charge in [-0.3, -0.25) is 9.59 Å². The predicted octanol–water partition coefficient (Wildman–Crippen LogP) is -0.119. The number of anilines is 1. The molecule has 0 heterocycles. The van der Waals surface area contributed by atoms with Crippen LogP contribution in [0, 0.1) is 0 Å². The molecule has 0 saturated heterocycles. The molecule has 6 heteroatoms. The molecule has 1 aromatic rings. The molecular formula is C11H15N3O3. The number of benzene rings is 1.